The zero-order chi connectivity index (χ0) is 10.6. The zero-order valence-corrected chi connectivity index (χ0v) is 6.88. The summed E-state index contributed by atoms with van der Waals surface area (Å²) < 4.78 is 0.446. The number of hydrogen-bond acceptors (Lipinski definition) is 6. The lowest BCUT2D eigenvalue weighted by Gasteiger charge is -2.02. The number of fused-ring (bicyclic) bond motifs is 1. The fraction of sp³-hybridized carbons (Fsp3) is 0. The van der Waals surface area contributed by atoms with Crippen molar-refractivity contribution in [1.82, 2.24) is 9.58 Å². The Morgan fingerprint density at radius 3 is 2.21 bits per heavy atom. The summed E-state index contributed by atoms with van der Waals surface area (Å²) in [5.74, 6) is -0.585. The molecule has 2 rings (SSSR count). The second-order valence-corrected chi connectivity index (χ2v) is 2.76. The molecule has 0 radical (unpaired) electrons. The Morgan fingerprint density at radius 1 is 1.14 bits per heavy atom. The summed E-state index contributed by atoms with van der Waals surface area (Å²) >= 11 is 0. The second-order valence-electron chi connectivity index (χ2n) is 2.76. The zero-order valence-electron chi connectivity index (χ0n) is 6.88. The highest BCUT2D eigenvalue weighted by Gasteiger charge is 2.26. The first-order valence-corrected chi connectivity index (χ1v) is 3.54. The highest BCUT2D eigenvalue weighted by molar-refractivity contribution is 5.99. The van der Waals surface area contributed by atoms with E-state index >= 15 is 0 Å². The normalized spacial score (nSPS) is 11.1. The van der Waals surface area contributed by atoms with Gasteiger partial charge in [0, 0.05) is 0 Å². The van der Waals surface area contributed by atoms with Crippen LogP contribution in [-0.2, 0) is 0 Å². The number of anilines is 3. The van der Waals surface area contributed by atoms with E-state index in [4.69, 9.17) is 17.2 Å². The minimum atomic E-state index is -0.395. The van der Waals surface area contributed by atoms with E-state index in [0.717, 1.165) is 0 Å². The van der Waals surface area contributed by atoms with Gasteiger partial charge in [-0.2, -0.15) is 4.73 Å². The van der Waals surface area contributed by atoms with Crippen LogP contribution in [0, 0.1) is 5.21 Å². The van der Waals surface area contributed by atoms with Gasteiger partial charge in [0.25, 0.3) is 0 Å². The maximum Gasteiger partial charge on any atom is 0.328 e. The van der Waals surface area contributed by atoms with Gasteiger partial charge in [0.2, 0.25) is 5.52 Å². The van der Waals surface area contributed by atoms with Crippen LogP contribution in [-0.4, -0.2) is 20.0 Å². The molecule has 0 saturated heterocycles. The van der Waals surface area contributed by atoms with Crippen LogP contribution in [0.25, 0.3) is 11.0 Å². The predicted octanol–water partition coefficient (Wildman–Crippen LogP) is -1.70. The average molecular weight is 200 g/mol. The molecule has 2 aromatic heterocycles. The van der Waals surface area contributed by atoms with Crippen molar-refractivity contribution in [2.45, 2.75) is 0 Å². The molecule has 0 aliphatic carbocycles. The Balaban J connectivity index is 3.08. The van der Waals surface area contributed by atoms with Crippen molar-refractivity contribution < 1.29 is 15.3 Å². The standard InChI is InChI=1S/C5H8N6O3/c6-1-2-3(9(12)4(1)7)5(8)11(14)10(2)13/h12-13H,6-8H2. The topological polar surface area (TPSA) is 155 Å². The van der Waals surface area contributed by atoms with Gasteiger partial charge in [0.05, 0.1) is 0 Å². The highest BCUT2D eigenvalue weighted by Crippen LogP contribution is 2.31. The number of aromatic nitrogens is 3. The van der Waals surface area contributed by atoms with E-state index in [1.165, 1.54) is 0 Å². The van der Waals surface area contributed by atoms with Gasteiger partial charge in [-0.05, 0) is 4.85 Å². The van der Waals surface area contributed by atoms with E-state index in [1.807, 2.05) is 0 Å². The van der Waals surface area contributed by atoms with Crippen molar-refractivity contribution in [1.29, 1.82) is 0 Å². The lowest BCUT2D eigenvalue weighted by Crippen LogP contribution is -2.38. The molecule has 0 aromatic carbocycles. The fourth-order valence-electron chi connectivity index (χ4n) is 1.30. The monoisotopic (exact) mass is 200 g/mol. The Bertz CT molecular complexity index is 439. The van der Waals surface area contributed by atoms with Gasteiger partial charge in [0.15, 0.2) is 11.3 Å². The smallest absolute Gasteiger partial charge is 0.328 e. The Labute approximate surface area is 76.6 Å². The van der Waals surface area contributed by atoms with Crippen molar-refractivity contribution in [2.75, 3.05) is 17.2 Å². The van der Waals surface area contributed by atoms with E-state index in [0.29, 0.717) is 4.73 Å². The van der Waals surface area contributed by atoms with Crippen LogP contribution in [0.15, 0.2) is 0 Å². The first-order chi connectivity index (χ1) is 6.46. The molecule has 14 heavy (non-hydrogen) atoms. The second kappa shape index (κ2) is 2.07. The molecule has 0 bridgehead atoms. The van der Waals surface area contributed by atoms with E-state index in [2.05, 4.69) is 0 Å². The van der Waals surface area contributed by atoms with Crippen LogP contribution in [0.3, 0.4) is 0 Å². The van der Waals surface area contributed by atoms with E-state index in [1.54, 1.807) is 0 Å². The van der Waals surface area contributed by atoms with E-state index < -0.39 is 5.82 Å². The van der Waals surface area contributed by atoms with Crippen molar-refractivity contribution >= 4 is 28.4 Å². The quantitative estimate of drug-likeness (QED) is 0.194. The van der Waals surface area contributed by atoms with Crippen LogP contribution >= 0.6 is 0 Å². The number of nitrogen functional groups attached to an aromatic ring is 3. The minimum Gasteiger partial charge on any atom is -0.690 e. The van der Waals surface area contributed by atoms with Crippen molar-refractivity contribution in [3.63, 3.8) is 0 Å². The summed E-state index contributed by atoms with van der Waals surface area (Å²) in [6.45, 7) is 0. The van der Waals surface area contributed by atoms with Crippen molar-refractivity contribution in [2.24, 2.45) is 0 Å². The summed E-state index contributed by atoms with van der Waals surface area (Å²) in [5, 5.41) is 29.6. The van der Waals surface area contributed by atoms with Crippen LogP contribution in [0.2, 0.25) is 0 Å². The molecule has 0 spiro atoms. The van der Waals surface area contributed by atoms with Gasteiger partial charge in [-0.3, -0.25) is 5.73 Å². The van der Waals surface area contributed by atoms with Crippen molar-refractivity contribution in [3.8, 4) is 0 Å². The van der Waals surface area contributed by atoms with Gasteiger partial charge in [-0.25, -0.2) is 0 Å². The molecule has 2 aromatic rings. The Morgan fingerprint density at radius 2 is 1.71 bits per heavy atom. The molecule has 0 amide bonds. The lowest BCUT2D eigenvalue weighted by molar-refractivity contribution is -0.709. The molecule has 8 N–H and O–H groups in total. The maximum absolute atomic E-state index is 11.0. The molecule has 2 heterocycles. The Hall–Kier alpha value is -2.45. The van der Waals surface area contributed by atoms with Crippen LogP contribution in [0.4, 0.5) is 17.3 Å². The van der Waals surface area contributed by atoms with Gasteiger partial charge < -0.3 is 27.1 Å². The molecule has 0 aliphatic heterocycles. The minimum absolute atomic E-state index is 0.0206. The molecule has 0 unspecified atom stereocenters. The summed E-state index contributed by atoms with van der Waals surface area (Å²) in [6.07, 6.45) is 0. The van der Waals surface area contributed by atoms with E-state index in [-0.39, 0.29) is 32.2 Å². The predicted molar refractivity (Wildman–Crippen MR) is 46.5 cm³/mol. The summed E-state index contributed by atoms with van der Waals surface area (Å²) in [7, 11) is 0. The number of hydrogen-bond donors (Lipinski definition) is 5. The van der Waals surface area contributed by atoms with E-state index in [9.17, 15) is 15.6 Å². The summed E-state index contributed by atoms with van der Waals surface area (Å²) in [5.41, 5.74) is 15.7. The number of rotatable bonds is 0. The molecular weight excluding hydrogens is 192 g/mol. The molecule has 0 saturated carbocycles. The third kappa shape index (κ3) is 0.620. The fourth-order valence-corrected chi connectivity index (χ4v) is 1.30. The van der Waals surface area contributed by atoms with Crippen LogP contribution in [0.5, 0.6) is 0 Å². The average Bonchev–Trinajstić information content (AvgIpc) is 2.51. The lowest BCUT2D eigenvalue weighted by atomic mass is 10.4. The number of nitrogens with zero attached hydrogens (tertiary/aromatic N) is 3. The largest absolute Gasteiger partial charge is 0.690 e. The Kier molecular flexibility index (Phi) is 1.21. The molecule has 0 fully saturated rings. The SMILES string of the molecule is Nc1c(N)n(O)c2c(N)[n+]([O-])n(O)c12. The molecule has 76 valence electrons. The number of nitrogens with two attached hydrogens (primary N) is 3. The van der Waals surface area contributed by atoms with Gasteiger partial charge in [-0.1, -0.05) is 0 Å². The molecule has 0 aliphatic rings. The molecule has 0 atom stereocenters. The first kappa shape index (κ1) is 8.16. The molecular formula is C5H8N6O3. The third-order valence-corrected chi connectivity index (χ3v) is 2.02. The first-order valence-electron chi connectivity index (χ1n) is 3.54. The van der Waals surface area contributed by atoms with Gasteiger partial charge >= 0.3 is 5.82 Å². The van der Waals surface area contributed by atoms with Crippen molar-refractivity contribution in [3.05, 3.63) is 5.21 Å². The van der Waals surface area contributed by atoms with Gasteiger partial charge in [0.1, 0.15) is 5.69 Å². The molecule has 9 nitrogen and oxygen atoms in total. The van der Waals surface area contributed by atoms with Crippen LogP contribution < -0.4 is 22.0 Å². The highest BCUT2D eigenvalue weighted by atomic mass is 16.6. The molecule has 9 heteroatoms. The third-order valence-electron chi connectivity index (χ3n) is 2.02. The summed E-state index contributed by atoms with van der Waals surface area (Å²) in [6, 6.07) is 0. The summed E-state index contributed by atoms with van der Waals surface area (Å²) in [4.78, 5) is 0.149. The van der Waals surface area contributed by atoms with Crippen LogP contribution in [0.1, 0.15) is 0 Å². The van der Waals surface area contributed by atoms with Gasteiger partial charge in [-0.15, -0.1) is 4.85 Å². The maximum atomic E-state index is 11.0.